The molecule has 1 nitrogen and oxygen atoms in total. The molecule has 1 aromatic carbocycles. The minimum absolute atomic E-state index is 0.357. The van der Waals surface area contributed by atoms with Gasteiger partial charge in [0.25, 0.3) is 0 Å². The quantitative estimate of drug-likeness (QED) is 0.751. The number of hydrogen-bond donors (Lipinski definition) is 1. The molecule has 76 valence electrons. The van der Waals surface area contributed by atoms with Gasteiger partial charge in [0.2, 0.25) is 0 Å². The summed E-state index contributed by atoms with van der Waals surface area (Å²) in [6.45, 7) is 7.90. The predicted octanol–water partition coefficient (Wildman–Crippen LogP) is 3.48. The molecule has 0 aliphatic carbocycles. The molecule has 1 N–H and O–H groups in total. The van der Waals surface area contributed by atoms with Gasteiger partial charge >= 0.3 is 0 Å². The van der Waals surface area contributed by atoms with Crippen molar-refractivity contribution in [2.75, 3.05) is 11.9 Å². The first-order valence-electron chi connectivity index (χ1n) is 5.51. The molecule has 0 radical (unpaired) electrons. The monoisotopic (exact) mass is 189 g/mol. The molecule has 0 saturated carbocycles. The number of benzene rings is 1. The number of rotatable bonds is 2. The van der Waals surface area contributed by atoms with Crippen molar-refractivity contribution in [1.82, 2.24) is 0 Å². The molecule has 0 aromatic heterocycles. The van der Waals surface area contributed by atoms with Crippen molar-refractivity contribution >= 4 is 5.69 Å². The topological polar surface area (TPSA) is 12.0 Å². The van der Waals surface area contributed by atoms with Gasteiger partial charge in [0.05, 0.1) is 0 Å². The number of hydrogen-bond acceptors (Lipinski definition) is 1. The highest BCUT2D eigenvalue weighted by Crippen LogP contribution is 2.39. The van der Waals surface area contributed by atoms with Crippen LogP contribution in [-0.4, -0.2) is 6.54 Å². The third kappa shape index (κ3) is 1.41. The summed E-state index contributed by atoms with van der Waals surface area (Å²) in [5.74, 6) is 0. The Morgan fingerprint density at radius 3 is 2.93 bits per heavy atom. The zero-order valence-corrected chi connectivity index (χ0v) is 9.35. The summed E-state index contributed by atoms with van der Waals surface area (Å²) in [6.07, 6.45) is 2.53. The van der Waals surface area contributed by atoms with E-state index in [9.17, 15) is 0 Å². The first-order valence-corrected chi connectivity index (χ1v) is 5.51. The first-order chi connectivity index (χ1) is 6.65. The van der Waals surface area contributed by atoms with E-state index in [0.29, 0.717) is 5.41 Å². The lowest BCUT2D eigenvalue weighted by molar-refractivity contribution is 0.471. The molecule has 0 bridgehead atoms. The molecule has 0 fully saturated rings. The van der Waals surface area contributed by atoms with Crippen LogP contribution in [0.5, 0.6) is 0 Å². The minimum atomic E-state index is 0.357. The lowest BCUT2D eigenvalue weighted by atomic mass is 9.80. The van der Waals surface area contributed by atoms with Crippen molar-refractivity contribution in [2.24, 2.45) is 0 Å². The highest BCUT2D eigenvalue weighted by Gasteiger charge is 2.33. The normalized spacial score (nSPS) is 24.5. The molecule has 0 amide bonds. The summed E-state index contributed by atoms with van der Waals surface area (Å²) in [5, 5.41) is 3.50. The van der Waals surface area contributed by atoms with Gasteiger partial charge in [-0.25, -0.2) is 0 Å². The van der Waals surface area contributed by atoms with Crippen LogP contribution in [0.15, 0.2) is 18.2 Å². The minimum Gasteiger partial charge on any atom is -0.384 e. The van der Waals surface area contributed by atoms with Crippen molar-refractivity contribution in [1.29, 1.82) is 0 Å². The molecule has 1 unspecified atom stereocenters. The smallest absolute Gasteiger partial charge is 0.0379 e. The number of anilines is 1. The molecule has 2 rings (SSSR count). The van der Waals surface area contributed by atoms with Crippen LogP contribution >= 0.6 is 0 Å². The third-order valence-corrected chi connectivity index (χ3v) is 3.30. The Morgan fingerprint density at radius 2 is 2.21 bits per heavy atom. The van der Waals surface area contributed by atoms with Crippen LogP contribution < -0.4 is 5.32 Å². The van der Waals surface area contributed by atoms with E-state index in [-0.39, 0.29) is 0 Å². The molecular formula is C13H19N. The van der Waals surface area contributed by atoms with Gasteiger partial charge in [-0.1, -0.05) is 38.0 Å². The molecule has 0 saturated heterocycles. The molecule has 1 aliphatic rings. The van der Waals surface area contributed by atoms with Gasteiger partial charge in [0, 0.05) is 17.6 Å². The van der Waals surface area contributed by atoms with Crippen LogP contribution in [0, 0.1) is 6.92 Å². The van der Waals surface area contributed by atoms with Crippen LogP contribution in [0.4, 0.5) is 5.69 Å². The lowest BCUT2D eigenvalue weighted by Gasteiger charge is -2.23. The average Bonchev–Trinajstić information content (AvgIpc) is 2.45. The first kappa shape index (κ1) is 9.57. The van der Waals surface area contributed by atoms with E-state index < -0.39 is 0 Å². The zero-order valence-electron chi connectivity index (χ0n) is 9.35. The summed E-state index contributed by atoms with van der Waals surface area (Å²) in [5.41, 5.74) is 4.58. The second-order valence-corrected chi connectivity index (χ2v) is 4.71. The standard InChI is InChI=1S/C13H19N/c1-4-7-13(3)9-14-12-6-5-10(2)8-11(12)13/h5-6,8,14H,4,7,9H2,1-3H3. The van der Waals surface area contributed by atoms with Gasteiger partial charge in [-0.05, 0) is 25.0 Å². The predicted molar refractivity (Wildman–Crippen MR) is 61.9 cm³/mol. The summed E-state index contributed by atoms with van der Waals surface area (Å²) in [7, 11) is 0. The molecule has 1 heterocycles. The second-order valence-electron chi connectivity index (χ2n) is 4.71. The molecule has 1 heteroatoms. The molecule has 1 aliphatic heterocycles. The number of nitrogens with one attached hydrogen (secondary N) is 1. The van der Waals surface area contributed by atoms with Gasteiger partial charge in [-0.15, -0.1) is 0 Å². The van der Waals surface area contributed by atoms with Crippen LogP contribution in [0.1, 0.15) is 37.8 Å². The van der Waals surface area contributed by atoms with E-state index in [1.165, 1.54) is 29.7 Å². The van der Waals surface area contributed by atoms with E-state index in [4.69, 9.17) is 0 Å². The summed E-state index contributed by atoms with van der Waals surface area (Å²) in [4.78, 5) is 0. The fourth-order valence-corrected chi connectivity index (χ4v) is 2.47. The second kappa shape index (κ2) is 3.30. The van der Waals surface area contributed by atoms with Crippen LogP contribution in [0.2, 0.25) is 0 Å². The highest BCUT2D eigenvalue weighted by atomic mass is 14.9. The van der Waals surface area contributed by atoms with Gasteiger partial charge in [0.1, 0.15) is 0 Å². The maximum Gasteiger partial charge on any atom is 0.0379 e. The fraction of sp³-hybridized carbons (Fsp3) is 0.538. The van der Waals surface area contributed by atoms with Crippen molar-refractivity contribution in [3.05, 3.63) is 29.3 Å². The highest BCUT2D eigenvalue weighted by molar-refractivity contribution is 5.61. The summed E-state index contributed by atoms with van der Waals surface area (Å²) in [6, 6.07) is 6.74. The summed E-state index contributed by atoms with van der Waals surface area (Å²) < 4.78 is 0. The maximum atomic E-state index is 3.50. The van der Waals surface area contributed by atoms with Crippen molar-refractivity contribution in [3.8, 4) is 0 Å². The molecule has 0 spiro atoms. The molecule has 1 aromatic rings. The number of aryl methyl sites for hydroxylation is 1. The van der Waals surface area contributed by atoms with Crippen molar-refractivity contribution < 1.29 is 0 Å². The Hall–Kier alpha value is -0.980. The van der Waals surface area contributed by atoms with Crippen molar-refractivity contribution in [2.45, 2.75) is 39.0 Å². The molecular weight excluding hydrogens is 170 g/mol. The van der Waals surface area contributed by atoms with E-state index in [1.54, 1.807) is 0 Å². The fourth-order valence-electron chi connectivity index (χ4n) is 2.47. The Bertz CT molecular complexity index is 339. The Balaban J connectivity index is 2.41. The van der Waals surface area contributed by atoms with Gasteiger partial charge < -0.3 is 5.32 Å². The third-order valence-electron chi connectivity index (χ3n) is 3.30. The average molecular weight is 189 g/mol. The lowest BCUT2D eigenvalue weighted by Crippen LogP contribution is -2.23. The Morgan fingerprint density at radius 1 is 1.43 bits per heavy atom. The van der Waals surface area contributed by atoms with E-state index in [1.807, 2.05) is 0 Å². The zero-order chi connectivity index (χ0) is 10.2. The molecule has 14 heavy (non-hydrogen) atoms. The van der Waals surface area contributed by atoms with Gasteiger partial charge in [-0.3, -0.25) is 0 Å². The van der Waals surface area contributed by atoms with E-state index in [0.717, 1.165) is 6.54 Å². The van der Waals surface area contributed by atoms with Crippen molar-refractivity contribution in [3.63, 3.8) is 0 Å². The van der Waals surface area contributed by atoms with Gasteiger partial charge in [-0.2, -0.15) is 0 Å². The van der Waals surface area contributed by atoms with Crippen LogP contribution in [0.3, 0.4) is 0 Å². The van der Waals surface area contributed by atoms with Crippen LogP contribution in [-0.2, 0) is 5.41 Å². The Labute approximate surface area is 86.5 Å². The van der Waals surface area contributed by atoms with E-state index >= 15 is 0 Å². The van der Waals surface area contributed by atoms with Gasteiger partial charge in [0.15, 0.2) is 0 Å². The van der Waals surface area contributed by atoms with E-state index in [2.05, 4.69) is 44.3 Å². The number of fused-ring (bicyclic) bond motifs is 1. The maximum absolute atomic E-state index is 3.50. The van der Waals surface area contributed by atoms with Crippen LogP contribution in [0.25, 0.3) is 0 Å². The largest absolute Gasteiger partial charge is 0.384 e. The Kier molecular flexibility index (Phi) is 2.26. The summed E-state index contributed by atoms with van der Waals surface area (Å²) >= 11 is 0. The SMILES string of the molecule is CCCC1(C)CNc2ccc(C)cc21. The molecule has 1 atom stereocenters.